The van der Waals surface area contributed by atoms with Gasteiger partial charge in [0.2, 0.25) is 0 Å². The van der Waals surface area contributed by atoms with Gasteiger partial charge in [-0.25, -0.2) is 0 Å². The van der Waals surface area contributed by atoms with E-state index in [9.17, 15) is 9.90 Å². The third-order valence-electron chi connectivity index (χ3n) is 3.44. The van der Waals surface area contributed by atoms with Gasteiger partial charge in [-0.05, 0) is 31.9 Å². The zero-order valence-corrected chi connectivity index (χ0v) is 11.8. The van der Waals surface area contributed by atoms with E-state index in [1.165, 1.54) is 0 Å². The zero-order chi connectivity index (χ0) is 14.6. The van der Waals surface area contributed by atoms with Gasteiger partial charge in [-0.3, -0.25) is 4.79 Å². The van der Waals surface area contributed by atoms with Crippen LogP contribution in [0.3, 0.4) is 0 Å². The number of β-amino-alcohol motifs (C(OH)–C–C–N with tert-alkyl or cyclic N) is 1. The van der Waals surface area contributed by atoms with E-state index < -0.39 is 5.60 Å². The fourth-order valence-corrected chi connectivity index (χ4v) is 2.48. The molecule has 4 heteroatoms. The minimum atomic E-state index is -0.801. The molecular formula is C16H21NO3. The fraction of sp³-hybridized carbons (Fsp3) is 0.438. The molecule has 1 atom stereocenters. The smallest absolute Gasteiger partial charge is 0.257 e. The maximum absolute atomic E-state index is 12.6. The van der Waals surface area contributed by atoms with Crippen LogP contribution in [0.25, 0.3) is 0 Å². The number of aliphatic hydroxyl groups is 1. The molecule has 0 saturated carbocycles. The van der Waals surface area contributed by atoms with Crippen LogP contribution < -0.4 is 4.74 Å². The van der Waals surface area contributed by atoms with Crippen LogP contribution in [-0.2, 0) is 0 Å². The first kappa shape index (κ1) is 14.6. The first-order valence-corrected chi connectivity index (χ1v) is 6.88. The van der Waals surface area contributed by atoms with Crippen molar-refractivity contribution in [2.45, 2.75) is 25.4 Å². The summed E-state index contributed by atoms with van der Waals surface area (Å²) in [6, 6.07) is 7.18. The number of piperidine rings is 1. The summed E-state index contributed by atoms with van der Waals surface area (Å²) in [5, 5.41) is 10.1. The maximum Gasteiger partial charge on any atom is 0.257 e. The summed E-state index contributed by atoms with van der Waals surface area (Å²) in [5.74, 6) is 0.465. The molecule has 0 aromatic heterocycles. The van der Waals surface area contributed by atoms with Crippen LogP contribution in [0.5, 0.6) is 5.75 Å². The summed E-state index contributed by atoms with van der Waals surface area (Å²) in [6.45, 7) is 6.77. The average Bonchev–Trinajstić information content (AvgIpc) is 2.43. The molecule has 2 rings (SSSR count). The van der Waals surface area contributed by atoms with Crippen LogP contribution >= 0.6 is 0 Å². The van der Waals surface area contributed by atoms with Crippen molar-refractivity contribution < 1.29 is 14.6 Å². The maximum atomic E-state index is 12.6. The van der Waals surface area contributed by atoms with Crippen LogP contribution in [0.2, 0.25) is 0 Å². The molecule has 1 saturated heterocycles. The molecule has 1 aromatic rings. The Labute approximate surface area is 119 Å². The lowest BCUT2D eigenvalue weighted by Gasteiger charge is -2.37. The normalized spacial score (nSPS) is 22.4. The molecular weight excluding hydrogens is 254 g/mol. The number of benzene rings is 1. The molecule has 1 N–H and O–H groups in total. The molecule has 0 aliphatic carbocycles. The Morgan fingerprint density at radius 1 is 1.55 bits per heavy atom. The van der Waals surface area contributed by atoms with Gasteiger partial charge in [0, 0.05) is 13.1 Å². The van der Waals surface area contributed by atoms with Gasteiger partial charge in [0.1, 0.15) is 12.4 Å². The largest absolute Gasteiger partial charge is 0.489 e. The Kier molecular flexibility index (Phi) is 4.45. The number of nitrogens with zero attached hydrogens (tertiary/aromatic N) is 1. The molecule has 1 unspecified atom stereocenters. The lowest BCUT2D eigenvalue weighted by molar-refractivity contribution is -0.0108. The highest BCUT2D eigenvalue weighted by atomic mass is 16.5. The van der Waals surface area contributed by atoms with E-state index in [1.54, 1.807) is 30.0 Å². The van der Waals surface area contributed by atoms with Crippen molar-refractivity contribution in [1.29, 1.82) is 0 Å². The van der Waals surface area contributed by atoms with Gasteiger partial charge >= 0.3 is 0 Å². The van der Waals surface area contributed by atoms with E-state index in [1.807, 2.05) is 12.1 Å². The number of ether oxygens (including phenoxy) is 1. The van der Waals surface area contributed by atoms with Gasteiger partial charge in [-0.2, -0.15) is 0 Å². The Balaban J connectivity index is 2.18. The van der Waals surface area contributed by atoms with E-state index in [4.69, 9.17) is 4.74 Å². The zero-order valence-electron chi connectivity index (χ0n) is 11.8. The number of para-hydroxylation sites is 1. The first-order valence-electron chi connectivity index (χ1n) is 6.88. The molecule has 0 bridgehead atoms. The number of hydrogen-bond acceptors (Lipinski definition) is 3. The molecule has 108 valence electrons. The summed E-state index contributed by atoms with van der Waals surface area (Å²) >= 11 is 0. The first-order chi connectivity index (χ1) is 9.53. The average molecular weight is 275 g/mol. The van der Waals surface area contributed by atoms with Crippen molar-refractivity contribution in [2.24, 2.45) is 0 Å². The minimum Gasteiger partial charge on any atom is -0.489 e. The summed E-state index contributed by atoms with van der Waals surface area (Å²) in [7, 11) is 0. The number of hydrogen-bond donors (Lipinski definition) is 1. The number of likely N-dealkylation sites (tertiary alicyclic amines) is 1. The number of rotatable bonds is 4. The molecule has 20 heavy (non-hydrogen) atoms. The number of amides is 1. The van der Waals surface area contributed by atoms with E-state index in [0.29, 0.717) is 31.0 Å². The van der Waals surface area contributed by atoms with Gasteiger partial charge in [-0.1, -0.05) is 24.8 Å². The van der Waals surface area contributed by atoms with Crippen molar-refractivity contribution in [3.63, 3.8) is 0 Å². The minimum absolute atomic E-state index is 0.0929. The molecule has 1 aliphatic heterocycles. The Morgan fingerprint density at radius 2 is 2.30 bits per heavy atom. The quantitative estimate of drug-likeness (QED) is 0.857. The van der Waals surface area contributed by atoms with Crippen LogP contribution in [-0.4, -0.2) is 41.2 Å². The molecule has 1 amide bonds. The molecule has 0 spiro atoms. The molecule has 1 aliphatic rings. The highest BCUT2D eigenvalue weighted by Crippen LogP contribution is 2.25. The van der Waals surface area contributed by atoms with Crippen molar-refractivity contribution >= 4 is 5.91 Å². The van der Waals surface area contributed by atoms with Gasteiger partial charge in [-0.15, -0.1) is 0 Å². The third-order valence-corrected chi connectivity index (χ3v) is 3.44. The fourth-order valence-electron chi connectivity index (χ4n) is 2.48. The molecule has 0 radical (unpaired) electrons. The van der Waals surface area contributed by atoms with E-state index in [-0.39, 0.29) is 5.91 Å². The Bertz CT molecular complexity index is 496. The Morgan fingerprint density at radius 3 is 3.00 bits per heavy atom. The third kappa shape index (κ3) is 3.39. The van der Waals surface area contributed by atoms with Crippen molar-refractivity contribution in [3.05, 3.63) is 42.5 Å². The van der Waals surface area contributed by atoms with Crippen LogP contribution in [0.4, 0.5) is 0 Å². The van der Waals surface area contributed by atoms with Crippen LogP contribution in [0, 0.1) is 0 Å². The second-order valence-electron chi connectivity index (χ2n) is 5.42. The van der Waals surface area contributed by atoms with Crippen LogP contribution in [0.1, 0.15) is 30.1 Å². The number of carbonyl (C=O) groups is 1. The highest BCUT2D eigenvalue weighted by molar-refractivity contribution is 5.97. The van der Waals surface area contributed by atoms with E-state index in [2.05, 4.69) is 6.58 Å². The topological polar surface area (TPSA) is 49.8 Å². The lowest BCUT2D eigenvalue weighted by Crippen LogP contribution is -2.48. The van der Waals surface area contributed by atoms with Crippen molar-refractivity contribution in [1.82, 2.24) is 4.90 Å². The van der Waals surface area contributed by atoms with E-state index in [0.717, 1.165) is 12.8 Å². The van der Waals surface area contributed by atoms with Gasteiger partial charge in [0.15, 0.2) is 0 Å². The monoisotopic (exact) mass is 275 g/mol. The molecule has 1 heterocycles. The second-order valence-corrected chi connectivity index (χ2v) is 5.42. The van der Waals surface area contributed by atoms with Gasteiger partial charge in [0.25, 0.3) is 5.91 Å². The molecule has 1 fully saturated rings. The summed E-state index contributed by atoms with van der Waals surface area (Å²) < 4.78 is 5.52. The van der Waals surface area contributed by atoms with Gasteiger partial charge in [0.05, 0.1) is 11.2 Å². The molecule has 4 nitrogen and oxygen atoms in total. The number of carbonyl (C=O) groups excluding carboxylic acids is 1. The summed E-state index contributed by atoms with van der Waals surface area (Å²) in [5.41, 5.74) is -0.266. The second kappa shape index (κ2) is 6.09. The SMILES string of the molecule is C=CCOc1ccccc1C(=O)N1CCCC(C)(O)C1. The van der Waals surface area contributed by atoms with E-state index >= 15 is 0 Å². The lowest BCUT2D eigenvalue weighted by atomic mass is 9.94. The van der Waals surface area contributed by atoms with Crippen molar-refractivity contribution in [3.8, 4) is 5.75 Å². The predicted molar refractivity (Wildman–Crippen MR) is 77.9 cm³/mol. The van der Waals surface area contributed by atoms with Crippen molar-refractivity contribution in [2.75, 3.05) is 19.7 Å². The Hall–Kier alpha value is -1.81. The summed E-state index contributed by atoms with van der Waals surface area (Å²) in [4.78, 5) is 14.3. The van der Waals surface area contributed by atoms with Gasteiger partial charge < -0.3 is 14.7 Å². The highest BCUT2D eigenvalue weighted by Gasteiger charge is 2.32. The summed E-state index contributed by atoms with van der Waals surface area (Å²) in [6.07, 6.45) is 3.19. The standard InChI is InChI=1S/C16H21NO3/c1-3-11-20-14-8-5-4-7-13(14)15(18)17-10-6-9-16(2,19)12-17/h3-5,7-8,19H,1,6,9-12H2,2H3. The molecule has 1 aromatic carbocycles. The van der Waals surface area contributed by atoms with Crippen LogP contribution in [0.15, 0.2) is 36.9 Å². The predicted octanol–water partition coefficient (Wildman–Crippen LogP) is 2.24.